The number of carbonyl (C=O) groups is 3. The molecule has 0 bridgehead atoms. The van der Waals surface area contributed by atoms with Crippen LogP contribution in [0.5, 0.6) is 5.75 Å². The number of carbonyl (C=O) groups excluding carboxylic acids is 3. The molecule has 4 aromatic rings. The van der Waals surface area contributed by atoms with Gasteiger partial charge in [-0.1, -0.05) is 23.7 Å². The van der Waals surface area contributed by atoms with Crippen LogP contribution in [0.3, 0.4) is 0 Å². The second-order valence-corrected chi connectivity index (χ2v) is 8.90. The minimum absolute atomic E-state index is 0.0815. The summed E-state index contributed by atoms with van der Waals surface area (Å²) in [6.45, 7) is 2.51. The Hall–Kier alpha value is -4.77. The molecular formula is C28H25ClFN5O5. The fraction of sp³-hybridized carbons (Fsp3) is 0.179. The van der Waals surface area contributed by atoms with E-state index in [0.29, 0.717) is 44.4 Å². The summed E-state index contributed by atoms with van der Waals surface area (Å²) in [6, 6.07) is 15.5. The molecule has 0 aliphatic carbocycles. The van der Waals surface area contributed by atoms with Crippen molar-refractivity contribution in [1.29, 1.82) is 0 Å². The van der Waals surface area contributed by atoms with Crippen molar-refractivity contribution in [1.82, 2.24) is 14.9 Å². The first-order valence-electron chi connectivity index (χ1n) is 12.2. The Labute approximate surface area is 234 Å². The molecular weight excluding hydrogens is 541 g/mol. The fourth-order valence-electron chi connectivity index (χ4n) is 3.72. The first-order chi connectivity index (χ1) is 19.2. The third kappa shape index (κ3) is 7.20. The van der Waals surface area contributed by atoms with E-state index in [0.717, 1.165) is 4.90 Å². The van der Waals surface area contributed by atoms with Crippen molar-refractivity contribution in [3.8, 4) is 5.75 Å². The van der Waals surface area contributed by atoms with Crippen LogP contribution in [0.25, 0.3) is 10.9 Å². The molecule has 1 heterocycles. The zero-order chi connectivity index (χ0) is 28.6. The average Bonchev–Trinajstić information content (AvgIpc) is 2.92. The Bertz CT molecular complexity index is 1570. The smallest absolute Gasteiger partial charge is 0.328 e. The summed E-state index contributed by atoms with van der Waals surface area (Å²) < 4.78 is 23.9. The molecule has 0 radical (unpaired) electrons. The maximum Gasteiger partial charge on any atom is 0.328 e. The summed E-state index contributed by atoms with van der Waals surface area (Å²) in [5, 5.41) is 6.80. The lowest BCUT2D eigenvalue weighted by Crippen LogP contribution is -2.42. The van der Waals surface area contributed by atoms with Crippen molar-refractivity contribution < 1.29 is 28.2 Å². The Morgan fingerprint density at radius 1 is 1.02 bits per heavy atom. The zero-order valence-electron chi connectivity index (χ0n) is 21.6. The van der Waals surface area contributed by atoms with E-state index in [1.54, 1.807) is 55.5 Å². The summed E-state index contributed by atoms with van der Waals surface area (Å²) in [7, 11) is 0. The van der Waals surface area contributed by atoms with Crippen LogP contribution in [0.4, 0.5) is 26.4 Å². The molecule has 0 aliphatic heterocycles. The number of urea groups is 1. The topological polar surface area (TPSA) is 123 Å². The molecule has 1 aromatic heterocycles. The molecule has 3 aromatic carbocycles. The van der Waals surface area contributed by atoms with Crippen molar-refractivity contribution >= 4 is 57.6 Å². The second kappa shape index (κ2) is 12.9. The van der Waals surface area contributed by atoms with Crippen molar-refractivity contribution in [3.05, 3.63) is 83.4 Å². The lowest BCUT2D eigenvalue weighted by Gasteiger charge is -2.19. The van der Waals surface area contributed by atoms with Gasteiger partial charge in [-0.15, -0.1) is 0 Å². The number of ether oxygens (including phenoxy) is 2. The summed E-state index contributed by atoms with van der Waals surface area (Å²) in [5.74, 6) is -0.739. The Morgan fingerprint density at radius 2 is 1.82 bits per heavy atom. The predicted molar refractivity (Wildman–Crippen MR) is 148 cm³/mol. The van der Waals surface area contributed by atoms with E-state index < -0.39 is 24.5 Å². The SMILES string of the molecule is CCN(C(=O)COC(C)=O)C(=O)Nc1ccc2ncnc(Nc3ccc(OCc4cccc(F)c4)c(Cl)c3)c2c1. The molecule has 0 atom stereocenters. The van der Waals surface area contributed by atoms with Gasteiger partial charge in [0.15, 0.2) is 6.61 Å². The van der Waals surface area contributed by atoms with Crippen LogP contribution in [0.15, 0.2) is 67.0 Å². The first kappa shape index (κ1) is 28.2. The zero-order valence-corrected chi connectivity index (χ0v) is 22.4. The lowest BCUT2D eigenvalue weighted by molar-refractivity contribution is -0.148. The normalized spacial score (nSPS) is 10.6. The number of nitrogens with zero attached hydrogens (tertiary/aromatic N) is 3. The van der Waals surface area contributed by atoms with Crippen LogP contribution in [0.2, 0.25) is 5.02 Å². The quantitative estimate of drug-likeness (QED) is 0.248. The van der Waals surface area contributed by atoms with Crippen molar-refractivity contribution in [2.45, 2.75) is 20.5 Å². The number of amides is 3. The van der Waals surface area contributed by atoms with E-state index >= 15 is 0 Å². The third-order valence-corrected chi connectivity index (χ3v) is 5.92. The van der Waals surface area contributed by atoms with Gasteiger partial charge in [0, 0.05) is 30.2 Å². The van der Waals surface area contributed by atoms with Crippen molar-refractivity contribution in [2.75, 3.05) is 23.8 Å². The third-order valence-electron chi connectivity index (χ3n) is 5.63. The molecule has 0 spiro atoms. The van der Waals surface area contributed by atoms with E-state index in [4.69, 9.17) is 21.1 Å². The van der Waals surface area contributed by atoms with Gasteiger partial charge in [0.1, 0.15) is 30.3 Å². The van der Waals surface area contributed by atoms with E-state index in [1.807, 2.05) is 0 Å². The monoisotopic (exact) mass is 565 g/mol. The Kier molecular flexibility index (Phi) is 9.07. The van der Waals surface area contributed by atoms with Crippen LogP contribution in [0.1, 0.15) is 19.4 Å². The number of likely N-dealkylation sites (N-methyl/N-ethyl adjacent to an activating group) is 1. The van der Waals surface area contributed by atoms with Gasteiger partial charge in [0.05, 0.1) is 10.5 Å². The van der Waals surface area contributed by atoms with Gasteiger partial charge in [0.2, 0.25) is 0 Å². The molecule has 0 saturated heterocycles. The Balaban J connectivity index is 1.48. The number of halogens is 2. The van der Waals surface area contributed by atoms with Crippen LogP contribution in [-0.2, 0) is 20.9 Å². The van der Waals surface area contributed by atoms with Gasteiger partial charge in [0.25, 0.3) is 5.91 Å². The fourth-order valence-corrected chi connectivity index (χ4v) is 3.95. The van der Waals surface area contributed by atoms with E-state index in [2.05, 4.69) is 20.6 Å². The lowest BCUT2D eigenvalue weighted by atomic mass is 10.2. The standard InChI is InChI=1S/C28H25ClFN5O5/c1-3-35(26(37)15-39-17(2)36)28(38)34-20-7-9-24-22(12-20)27(32-16-31-24)33-21-8-10-25(23(29)13-21)40-14-18-5-4-6-19(30)11-18/h4-13,16H,3,14-15H2,1-2H3,(H,34,38)(H,31,32,33). The van der Waals surface area contributed by atoms with Gasteiger partial charge in [-0.25, -0.2) is 19.2 Å². The van der Waals surface area contributed by atoms with Gasteiger partial charge in [-0.3, -0.25) is 14.5 Å². The highest BCUT2D eigenvalue weighted by Crippen LogP contribution is 2.31. The molecule has 2 N–H and O–H groups in total. The number of anilines is 3. The highest BCUT2D eigenvalue weighted by atomic mass is 35.5. The number of rotatable bonds is 9. The largest absolute Gasteiger partial charge is 0.487 e. The predicted octanol–water partition coefficient (Wildman–Crippen LogP) is 5.69. The van der Waals surface area contributed by atoms with Gasteiger partial charge in [-0.05, 0) is 61.0 Å². The van der Waals surface area contributed by atoms with Crippen molar-refractivity contribution in [2.24, 2.45) is 0 Å². The molecule has 3 amide bonds. The maximum absolute atomic E-state index is 13.4. The van der Waals surface area contributed by atoms with Crippen LogP contribution in [0, 0.1) is 5.82 Å². The number of fused-ring (bicyclic) bond motifs is 1. The molecule has 40 heavy (non-hydrogen) atoms. The molecule has 12 heteroatoms. The number of imide groups is 1. The molecule has 0 unspecified atom stereocenters. The Morgan fingerprint density at radius 3 is 2.55 bits per heavy atom. The summed E-state index contributed by atoms with van der Waals surface area (Å²) in [4.78, 5) is 45.5. The van der Waals surface area contributed by atoms with Gasteiger partial charge < -0.3 is 20.1 Å². The van der Waals surface area contributed by atoms with Crippen LogP contribution in [-0.4, -0.2) is 45.9 Å². The van der Waals surface area contributed by atoms with E-state index in [-0.39, 0.29) is 19.0 Å². The van der Waals surface area contributed by atoms with E-state index in [1.165, 1.54) is 25.4 Å². The number of hydrogen-bond acceptors (Lipinski definition) is 8. The minimum Gasteiger partial charge on any atom is -0.487 e. The molecule has 4 rings (SSSR count). The second-order valence-electron chi connectivity index (χ2n) is 8.49. The molecule has 0 fully saturated rings. The highest BCUT2D eigenvalue weighted by molar-refractivity contribution is 6.32. The van der Waals surface area contributed by atoms with Gasteiger partial charge >= 0.3 is 12.0 Å². The molecule has 10 nitrogen and oxygen atoms in total. The number of benzene rings is 3. The highest BCUT2D eigenvalue weighted by Gasteiger charge is 2.21. The number of hydrogen-bond donors (Lipinski definition) is 2. The summed E-state index contributed by atoms with van der Waals surface area (Å²) in [6.07, 6.45) is 1.40. The average molecular weight is 566 g/mol. The van der Waals surface area contributed by atoms with Crippen molar-refractivity contribution in [3.63, 3.8) is 0 Å². The van der Waals surface area contributed by atoms with E-state index in [9.17, 15) is 18.8 Å². The minimum atomic E-state index is -0.675. The molecule has 0 aliphatic rings. The first-order valence-corrected chi connectivity index (χ1v) is 12.5. The van der Waals surface area contributed by atoms with Crippen LogP contribution >= 0.6 is 11.6 Å². The number of esters is 1. The van der Waals surface area contributed by atoms with Gasteiger partial charge in [-0.2, -0.15) is 0 Å². The van der Waals surface area contributed by atoms with Crippen LogP contribution < -0.4 is 15.4 Å². The summed E-state index contributed by atoms with van der Waals surface area (Å²) >= 11 is 6.42. The molecule has 206 valence electrons. The number of nitrogens with one attached hydrogen (secondary N) is 2. The summed E-state index contributed by atoms with van der Waals surface area (Å²) in [5.41, 5.74) is 2.29. The molecule has 0 saturated carbocycles. The number of aromatic nitrogens is 2. The maximum atomic E-state index is 13.4.